The van der Waals surface area contributed by atoms with E-state index in [9.17, 15) is 5.11 Å². The number of aliphatic hydroxyl groups is 1. The van der Waals surface area contributed by atoms with E-state index in [0.717, 1.165) is 34.5 Å². The fourth-order valence-corrected chi connectivity index (χ4v) is 4.00. The molecule has 2 nitrogen and oxygen atoms in total. The second-order valence-corrected chi connectivity index (χ2v) is 7.97. The van der Waals surface area contributed by atoms with Gasteiger partial charge in [0.25, 0.3) is 0 Å². The lowest BCUT2D eigenvalue weighted by Crippen LogP contribution is -2.26. The van der Waals surface area contributed by atoms with E-state index in [4.69, 9.17) is 4.74 Å². The van der Waals surface area contributed by atoms with Gasteiger partial charge in [0.15, 0.2) is 0 Å². The van der Waals surface area contributed by atoms with Crippen LogP contribution in [0.5, 0.6) is 0 Å². The largest absolute Gasteiger partial charge is 0.508 e. The molecule has 2 heteroatoms. The Labute approximate surface area is 171 Å². The Morgan fingerprint density at radius 2 is 1.50 bits per heavy atom. The predicted molar refractivity (Wildman–Crippen MR) is 122 cm³/mol. The maximum atomic E-state index is 9.84. The van der Waals surface area contributed by atoms with Crippen molar-refractivity contribution in [2.45, 2.75) is 48.0 Å². The second-order valence-electron chi connectivity index (χ2n) is 7.97. The van der Waals surface area contributed by atoms with Crippen molar-refractivity contribution in [1.29, 1.82) is 0 Å². The van der Waals surface area contributed by atoms with Gasteiger partial charge in [0.2, 0.25) is 0 Å². The van der Waals surface area contributed by atoms with Crippen LogP contribution in [0.3, 0.4) is 0 Å². The van der Waals surface area contributed by atoms with Crippen molar-refractivity contribution in [3.8, 4) is 0 Å². The highest BCUT2D eigenvalue weighted by atomic mass is 16.5. The van der Waals surface area contributed by atoms with Gasteiger partial charge in [-0.15, -0.1) is 0 Å². The summed E-state index contributed by atoms with van der Waals surface area (Å²) in [4.78, 5) is 0. The molecular weight excluding hydrogens is 344 g/mol. The minimum absolute atomic E-state index is 0.0349. The molecule has 0 heterocycles. The van der Waals surface area contributed by atoms with Crippen molar-refractivity contribution < 1.29 is 9.84 Å². The molecule has 0 saturated heterocycles. The van der Waals surface area contributed by atoms with Crippen LogP contribution < -0.4 is 0 Å². The lowest BCUT2D eigenvalue weighted by atomic mass is 9.69. The summed E-state index contributed by atoms with van der Waals surface area (Å²) in [5.41, 5.74) is 8.55. The van der Waals surface area contributed by atoms with Gasteiger partial charge in [-0.05, 0) is 70.8 Å². The number of aliphatic hydroxyl groups excluding tert-OH is 1. The summed E-state index contributed by atoms with van der Waals surface area (Å²) >= 11 is 0. The van der Waals surface area contributed by atoms with Crippen LogP contribution in [0.4, 0.5) is 0 Å². The summed E-state index contributed by atoms with van der Waals surface area (Å²) in [7, 11) is 1.68. The van der Waals surface area contributed by atoms with Crippen LogP contribution in [0.15, 0.2) is 94.6 Å². The summed E-state index contributed by atoms with van der Waals surface area (Å²) in [5.74, 6) is 0.981. The topological polar surface area (TPSA) is 29.5 Å². The number of ether oxygens (including phenoxy) is 1. The number of methoxy groups -OCH3 is 1. The highest BCUT2D eigenvalue weighted by Gasteiger charge is 2.35. The highest BCUT2D eigenvalue weighted by molar-refractivity contribution is 5.52. The van der Waals surface area contributed by atoms with Crippen molar-refractivity contribution in [3.63, 3.8) is 0 Å². The third-order valence-electron chi connectivity index (χ3n) is 5.35. The predicted octanol–water partition coefficient (Wildman–Crippen LogP) is 7.53. The molecule has 0 saturated carbocycles. The average molecular weight is 381 g/mol. The van der Waals surface area contributed by atoms with E-state index in [1.807, 2.05) is 26.0 Å². The third kappa shape index (κ3) is 5.07. The standard InChI is InChI=1S/C26H36O2/c1-15(2)19(9)25(18(7)8)26(24(16(3)4)17(5)6)22-13-12-21(20(10)27)14-23(22)28-11/h12,14,22,26-27H,1,3,7,10,13H2,2,4-6,8-9,11H3/b25-19+. The van der Waals surface area contributed by atoms with Crippen molar-refractivity contribution in [2.24, 2.45) is 11.8 Å². The smallest absolute Gasteiger partial charge is 0.115 e. The maximum absolute atomic E-state index is 9.84. The quantitative estimate of drug-likeness (QED) is 0.348. The number of hydrogen-bond donors (Lipinski definition) is 1. The fourth-order valence-electron chi connectivity index (χ4n) is 4.00. The van der Waals surface area contributed by atoms with E-state index in [0.29, 0.717) is 5.57 Å². The molecule has 0 bridgehead atoms. The lowest BCUT2D eigenvalue weighted by Gasteiger charge is -2.36. The van der Waals surface area contributed by atoms with Gasteiger partial charge in [-0.2, -0.15) is 0 Å². The van der Waals surface area contributed by atoms with Crippen LogP contribution in [-0.4, -0.2) is 12.2 Å². The van der Waals surface area contributed by atoms with Crippen molar-refractivity contribution >= 4 is 0 Å². The minimum atomic E-state index is 0.0349. The molecule has 2 unspecified atom stereocenters. The molecule has 0 aromatic rings. The maximum Gasteiger partial charge on any atom is 0.115 e. The van der Waals surface area contributed by atoms with E-state index >= 15 is 0 Å². The normalized spacial score (nSPS) is 18.2. The molecule has 0 aromatic heterocycles. The Bertz CT molecular complexity index is 820. The zero-order valence-electron chi connectivity index (χ0n) is 18.7. The summed E-state index contributed by atoms with van der Waals surface area (Å²) in [5, 5.41) is 9.84. The molecule has 1 rings (SSSR count). The van der Waals surface area contributed by atoms with E-state index in [2.05, 4.69) is 54.0 Å². The molecule has 1 N–H and O–H groups in total. The summed E-state index contributed by atoms with van der Waals surface area (Å²) in [6, 6.07) is 0. The second kappa shape index (κ2) is 9.64. The summed E-state index contributed by atoms with van der Waals surface area (Å²) in [6.45, 7) is 28.9. The Balaban J connectivity index is 3.83. The third-order valence-corrected chi connectivity index (χ3v) is 5.35. The molecule has 0 amide bonds. The molecule has 0 fully saturated rings. The van der Waals surface area contributed by atoms with Gasteiger partial charge in [0.05, 0.1) is 7.11 Å². The molecule has 0 aromatic carbocycles. The Morgan fingerprint density at radius 3 is 1.86 bits per heavy atom. The van der Waals surface area contributed by atoms with Crippen molar-refractivity contribution in [3.05, 3.63) is 94.6 Å². The molecule has 0 spiro atoms. The van der Waals surface area contributed by atoms with Gasteiger partial charge in [-0.3, -0.25) is 0 Å². The first-order valence-corrected chi connectivity index (χ1v) is 9.63. The van der Waals surface area contributed by atoms with Gasteiger partial charge < -0.3 is 9.84 Å². The number of allylic oxidation sites excluding steroid dienone is 10. The molecule has 0 aliphatic heterocycles. The van der Waals surface area contributed by atoms with E-state index in [-0.39, 0.29) is 17.6 Å². The highest BCUT2D eigenvalue weighted by Crippen LogP contribution is 2.45. The zero-order valence-corrected chi connectivity index (χ0v) is 18.7. The monoisotopic (exact) mass is 380 g/mol. The van der Waals surface area contributed by atoms with Crippen molar-refractivity contribution in [2.75, 3.05) is 7.11 Å². The first-order chi connectivity index (χ1) is 12.9. The Morgan fingerprint density at radius 1 is 0.964 bits per heavy atom. The van der Waals surface area contributed by atoms with Gasteiger partial charge in [0, 0.05) is 17.4 Å². The summed E-state index contributed by atoms with van der Waals surface area (Å²) < 4.78 is 5.79. The molecule has 28 heavy (non-hydrogen) atoms. The van der Waals surface area contributed by atoms with Crippen LogP contribution >= 0.6 is 0 Å². The lowest BCUT2D eigenvalue weighted by molar-refractivity contribution is 0.220. The Hall–Kier alpha value is -2.48. The van der Waals surface area contributed by atoms with Gasteiger partial charge in [0.1, 0.15) is 11.5 Å². The molecule has 152 valence electrons. The fraction of sp³-hybridized carbons (Fsp3) is 0.385. The van der Waals surface area contributed by atoms with Crippen molar-refractivity contribution in [1.82, 2.24) is 0 Å². The van der Waals surface area contributed by atoms with E-state index in [1.54, 1.807) is 7.11 Å². The van der Waals surface area contributed by atoms with E-state index in [1.165, 1.54) is 16.7 Å². The van der Waals surface area contributed by atoms with Gasteiger partial charge in [-0.1, -0.05) is 54.7 Å². The minimum Gasteiger partial charge on any atom is -0.508 e. The number of rotatable bonds is 8. The van der Waals surface area contributed by atoms with Gasteiger partial charge in [-0.25, -0.2) is 0 Å². The molecular formula is C26H36O2. The van der Waals surface area contributed by atoms with Crippen LogP contribution in [0, 0.1) is 11.8 Å². The molecule has 1 aliphatic rings. The first-order valence-electron chi connectivity index (χ1n) is 9.63. The van der Waals surface area contributed by atoms with Crippen LogP contribution in [0.2, 0.25) is 0 Å². The van der Waals surface area contributed by atoms with Crippen LogP contribution in [-0.2, 0) is 4.74 Å². The zero-order chi connectivity index (χ0) is 21.8. The number of hydrogen-bond acceptors (Lipinski definition) is 2. The Kier molecular flexibility index (Phi) is 8.11. The first kappa shape index (κ1) is 23.6. The molecule has 0 radical (unpaired) electrons. The molecule has 2 atom stereocenters. The molecule has 1 aliphatic carbocycles. The van der Waals surface area contributed by atoms with E-state index < -0.39 is 0 Å². The van der Waals surface area contributed by atoms with Gasteiger partial charge >= 0.3 is 0 Å². The van der Waals surface area contributed by atoms with Crippen LogP contribution in [0.25, 0.3) is 0 Å². The van der Waals surface area contributed by atoms with Crippen LogP contribution in [0.1, 0.15) is 48.0 Å². The SMILES string of the molecule is C=C(C)C(=C(C)C)C(/C(C(=C)C)=C(\C)C(=C)C)C1CC=C(C(=C)O)C=C1OC. The summed E-state index contributed by atoms with van der Waals surface area (Å²) in [6.07, 6.45) is 4.63. The average Bonchev–Trinajstić information content (AvgIpc) is 2.59.